The van der Waals surface area contributed by atoms with E-state index in [9.17, 15) is 9.18 Å². The summed E-state index contributed by atoms with van der Waals surface area (Å²) in [5.74, 6) is 1.12. The van der Waals surface area contributed by atoms with Crippen LogP contribution < -0.4 is 4.74 Å². The number of methoxy groups -OCH3 is 1. The molecule has 3 aromatic rings. The molecule has 1 saturated heterocycles. The molecule has 1 fully saturated rings. The summed E-state index contributed by atoms with van der Waals surface area (Å²) in [5.41, 5.74) is 1.52. The van der Waals surface area contributed by atoms with Gasteiger partial charge in [0, 0.05) is 18.5 Å². The van der Waals surface area contributed by atoms with Crippen molar-refractivity contribution < 1.29 is 18.4 Å². The first-order valence-corrected chi connectivity index (χ1v) is 8.66. The Morgan fingerprint density at radius 3 is 2.81 bits per heavy atom. The molecule has 1 atom stereocenters. The van der Waals surface area contributed by atoms with Gasteiger partial charge in [-0.2, -0.15) is 4.98 Å². The molecule has 1 aromatic heterocycles. The number of carbonyl (C=O) groups is 1. The summed E-state index contributed by atoms with van der Waals surface area (Å²) in [6.07, 6.45) is 1.04. The molecule has 0 bridgehead atoms. The van der Waals surface area contributed by atoms with Gasteiger partial charge in [-0.15, -0.1) is 0 Å². The number of carbonyl (C=O) groups excluding carboxylic acids is 1. The maximum Gasteiger partial charge on any atom is 0.249 e. The number of amides is 1. The van der Waals surface area contributed by atoms with Crippen LogP contribution in [0.25, 0.3) is 11.4 Å². The Hall–Kier alpha value is -3.22. The van der Waals surface area contributed by atoms with Crippen LogP contribution in [0.3, 0.4) is 0 Å². The predicted molar refractivity (Wildman–Crippen MR) is 95.2 cm³/mol. The third-order valence-corrected chi connectivity index (χ3v) is 4.65. The van der Waals surface area contributed by atoms with Gasteiger partial charge in [-0.1, -0.05) is 29.4 Å². The van der Waals surface area contributed by atoms with Gasteiger partial charge in [0.15, 0.2) is 0 Å². The first-order chi connectivity index (χ1) is 13.1. The fourth-order valence-corrected chi connectivity index (χ4v) is 3.23. The number of aromatic nitrogens is 2. The van der Waals surface area contributed by atoms with Crippen molar-refractivity contribution in [2.24, 2.45) is 0 Å². The maximum absolute atomic E-state index is 13.4. The van der Waals surface area contributed by atoms with Crippen LogP contribution in [0.15, 0.2) is 53.1 Å². The van der Waals surface area contributed by atoms with E-state index in [1.54, 1.807) is 24.1 Å². The van der Waals surface area contributed by atoms with E-state index < -0.39 is 0 Å². The van der Waals surface area contributed by atoms with Crippen LogP contribution in [0.5, 0.6) is 5.75 Å². The first kappa shape index (κ1) is 17.2. The highest BCUT2D eigenvalue weighted by Gasteiger charge is 2.36. The molecule has 7 heteroatoms. The van der Waals surface area contributed by atoms with Crippen LogP contribution in [0.2, 0.25) is 0 Å². The second-order valence-corrected chi connectivity index (χ2v) is 6.39. The average Bonchev–Trinajstić information content (AvgIpc) is 3.30. The first-order valence-electron chi connectivity index (χ1n) is 8.66. The van der Waals surface area contributed by atoms with E-state index in [2.05, 4.69) is 10.1 Å². The van der Waals surface area contributed by atoms with E-state index in [-0.39, 0.29) is 17.8 Å². The molecular formula is C20H18FN3O3. The lowest BCUT2D eigenvalue weighted by atomic mass is 10.1. The Labute approximate surface area is 155 Å². The Morgan fingerprint density at radius 2 is 2.07 bits per heavy atom. The summed E-state index contributed by atoms with van der Waals surface area (Å²) in [7, 11) is 1.61. The van der Waals surface area contributed by atoms with Gasteiger partial charge in [-0.3, -0.25) is 4.79 Å². The van der Waals surface area contributed by atoms with Crippen molar-refractivity contribution in [3.63, 3.8) is 0 Å². The molecule has 2 heterocycles. The summed E-state index contributed by atoms with van der Waals surface area (Å²) in [4.78, 5) is 18.5. The highest BCUT2D eigenvalue weighted by atomic mass is 19.1. The topological polar surface area (TPSA) is 68.5 Å². The standard InChI is InChI=1S/C20H18FN3O3/c1-26-16-7-5-13(6-8-16)12-24-17(9-10-18(24)25)20-22-19(23-27-20)14-3-2-4-15(21)11-14/h2-8,11,17H,9-10,12H2,1H3. The van der Waals surface area contributed by atoms with Crippen molar-refractivity contribution in [2.75, 3.05) is 7.11 Å². The van der Waals surface area contributed by atoms with E-state index in [0.717, 1.165) is 11.3 Å². The Kier molecular flexibility index (Phi) is 4.58. The van der Waals surface area contributed by atoms with E-state index in [1.165, 1.54) is 12.1 Å². The van der Waals surface area contributed by atoms with Gasteiger partial charge in [0.2, 0.25) is 17.6 Å². The molecule has 0 saturated carbocycles. The lowest BCUT2D eigenvalue weighted by Gasteiger charge is -2.22. The van der Waals surface area contributed by atoms with Crippen LogP contribution in [0.4, 0.5) is 4.39 Å². The molecule has 1 unspecified atom stereocenters. The summed E-state index contributed by atoms with van der Waals surface area (Å²) < 4.78 is 24.0. The van der Waals surface area contributed by atoms with Gasteiger partial charge in [-0.05, 0) is 36.2 Å². The van der Waals surface area contributed by atoms with Crippen molar-refractivity contribution in [1.29, 1.82) is 0 Å². The number of ether oxygens (including phenoxy) is 1. The molecule has 0 N–H and O–H groups in total. The minimum Gasteiger partial charge on any atom is -0.497 e. The summed E-state index contributed by atoms with van der Waals surface area (Å²) in [5, 5.41) is 3.95. The molecule has 1 aliphatic heterocycles. The van der Waals surface area contributed by atoms with E-state index >= 15 is 0 Å². The number of rotatable bonds is 5. The number of hydrogen-bond donors (Lipinski definition) is 0. The minimum absolute atomic E-state index is 0.0429. The fourth-order valence-electron chi connectivity index (χ4n) is 3.23. The van der Waals surface area contributed by atoms with Gasteiger partial charge in [0.1, 0.15) is 17.6 Å². The second kappa shape index (κ2) is 7.19. The average molecular weight is 367 g/mol. The van der Waals surface area contributed by atoms with Crippen LogP contribution >= 0.6 is 0 Å². The highest BCUT2D eigenvalue weighted by molar-refractivity contribution is 5.78. The second-order valence-electron chi connectivity index (χ2n) is 6.39. The van der Waals surface area contributed by atoms with Gasteiger partial charge in [-0.25, -0.2) is 4.39 Å². The van der Waals surface area contributed by atoms with Gasteiger partial charge >= 0.3 is 0 Å². The van der Waals surface area contributed by atoms with Crippen molar-refractivity contribution in [3.8, 4) is 17.1 Å². The van der Waals surface area contributed by atoms with E-state index in [0.29, 0.717) is 36.7 Å². The molecule has 1 aliphatic rings. The molecule has 6 nitrogen and oxygen atoms in total. The number of hydrogen-bond acceptors (Lipinski definition) is 5. The monoisotopic (exact) mass is 367 g/mol. The Morgan fingerprint density at radius 1 is 1.26 bits per heavy atom. The van der Waals surface area contributed by atoms with Gasteiger partial charge < -0.3 is 14.2 Å². The van der Waals surface area contributed by atoms with E-state index in [4.69, 9.17) is 9.26 Å². The fraction of sp³-hybridized carbons (Fsp3) is 0.250. The summed E-state index contributed by atoms with van der Waals surface area (Å²) >= 11 is 0. The normalized spacial score (nSPS) is 16.7. The largest absolute Gasteiger partial charge is 0.497 e. The van der Waals surface area contributed by atoms with Crippen molar-refractivity contribution in [1.82, 2.24) is 15.0 Å². The SMILES string of the molecule is COc1ccc(CN2C(=O)CCC2c2nc(-c3cccc(F)c3)no2)cc1. The molecule has 4 rings (SSSR count). The number of benzene rings is 2. The molecule has 0 radical (unpaired) electrons. The molecule has 2 aromatic carbocycles. The van der Waals surface area contributed by atoms with Crippen LogP contribution in [0, 0.1) is 5.82 Å². The Bertz CT molecular complexity index is 955. The zero-order chi connectivity index (χ0) is 18.8. The third kappa shape index (κ3) is 3.53. The maximum atomic E-state index is 13.4. The lowest BCUT2D eigenvalue weighted by molar-refractivity contribution is -0.129. The Balaban J connectivity index is 1.56. The zero-order valence-corrected chi connectivity index (χ0v) is 14.8. The van der Waals surface area contributed by atoms with Crippen LogP contribution in [0.1, 0.15) is 30.3 Å². The highest BCUT2D eigenvalue weighted by Crippen LogP contribution is 2.34. The molecule has 0 spiro atoms. The number of likely N-dealkylation sites (tertiary alicyclic amines) is 1. The zero-order valence-electron chi connectivity index (χ0n) is 14.8. The smallest absolute Gasteiger partial charge is 0.249 e. The molecular weight excluding hydrogens is 349 g/mol. The molecule has 0 aliphatic carbocycles. The van der Waals surface area contributed by atoms with Crippen molar-refractivity contribution in [2.45, 2.75) is 25.4 Å². The van der Waals surface area contributed by atoms with Gasteiger partial charge in [0.25, 0.3) is 0 Å². The molecule has 138 valence electrons. The quantitative estimate of drug-likeness (QED) is 0.687. The minimum atomic E-state index is -0.365. The van der Waals surface area contributed by atoms with Gasteiger partial charge in [0.05, 0.1) is 7.11 Å². The van der Waals surface area contributed by atoms with Crippen LogP contribution in [-0.4, -0.2) is 28.1 Å². The van der Waals surface area contributed by atoms with Crippen molar-refractivity contribution >= 4 is 5.91 Å². The van der Waals surface area contributed by atoms with E-state index in [1.807, 2.05) is 24.3 Å². The third-order valence-electron chi connectivity index (χ3n) is 4.65. The molecule has 1 amide bonds. The van der Waals surface area contributed by atoms with Crippen LogP contribution in [-0.2, 0) is 11.3 Å². The summed E-state index contributed by atoms with van der Waals surface area (Å²) in [6, 6.07) is 13.3. The lowest BCUT2D eigenvalue weighted by Crippen LogP contribution is -2.27. The summed E-state index contributed by atoms with van der Waals surface area (Å²) in [6.45, 7) is 0.450. The van der Waals surface area contributed by atoms with Crippen molar-refractivity contribution in [3.05, 3.63) is 65.8 Å². The number of halogens is 1. The molecule has 27 heavy (non-hydrogen) atoms. The predicted octanol–water partition coefficient (Wildman–Crippen LogP) is 3.75. The number of nitrogens with zero attached hydrogens (tertiary/aromatic N) is 3.